The Morgan fingerprint density at radius 3 is 2.70 bits per heavy atom. The van der Waals surface area contributed by atoms with E-state index in [0.29, 0.717) is 6.54 Å². The van der Waals surface area contributed by atoms with Crippen molar-refractivity contribution in [2.45, 2.75) is 32.8 Å². The van der Waals surface area contributed by atoms with E-state index in [1.165, 1.54) is 5.56 Å². The van der Waals surface area contributed by atoms with Crippen molar-refractivity contribution in [2.24, 2.45) is 5.92 Å². The first-order chi connectivity index (χ1) is 9.58. The van der Waals surface area contributed by atoms with Crippen LogP contribution in [0.2, 0.25) is 0 Å². The molecule has 0 aromatic heterocycles. The number of benzene rings is 1. The lowest BCUT2D eigenvalue weighted by atomic mass is 9.97. The predicted molar refractivity (Wildman–Crippen MR) is 80.7 cm³/mol. The fourth-order valence-corrected chi connectivity index (χ4v) is 2.59. The summed E-state index contributed by atoms with van der Waals surface area (Å²) in [4.78, 5) is 14.1. The lowest BCUT2D eigenvalue weighted by Crippen LogP contribution is -2.45. The first-order valence-electron chi connectivity index (χ1n) is 7.37. The average molecular weight is 276 g/mol. The molecular weight excluding hydrogens is 252 g/mol. The lowest BCUT2D eigenvalue weighted by molar-refractivity contribution is -0.118. The summed E-state index contributed by atoms with van der Waals surface area (Å²) in [5.74, 6) is 0.248. The number of aliphatic hydroxyl groups is 1. The van der Waals surface area contributed by atoms with Crippen molar-refractivity contribution in [3.63, 3.8) is 0 Å². The van der Waals surface area contributed by atoms with E-state index in [4.69, 9.17) is 0 Å². The molecule has 0 saturated carbocycles. The molecule has 2 atom stereocenters. The molecule has 0 spiro atoms. The summed E-state index contributed by atoms with van der Waals surface area (Å²) >= 11 is 0. The monoisotopic (exact) mass is 276 g/mol. The number of hydrogen-bond donors (Lipinski definition) is 2. The van der Waals surface area contributed by atoms with Crippen LogP contribution < -0.4 is 5.32 Å². The second kappa shape index (κ2) is 6.86. The molecular formula is C16H24N2O2. The molecule has 0 bridgehead atoms. The molecule has 1 aliphatic rings. The smallest absolute Gasteiger partial charge is 0.238 e. The highest BCUT2D eigenvalue weighted by molar-refractivity contribution is 5.92. The van der Waals surface area contributed by atoms with Gasteiger partial charge in [-0.2, -0.15) is 0 Å². The molecule has 1 fully saturated rings. The van der Waals surface area contributed by atoms with Crippen LogP contribution in [0.5, 0.6) is 0 Å². The molecule has 2 unspecified atom stereocenters. The highest BCUT2D eigenvalue weighted by Gasteiger charge is 2.25. The number of hydrogen-bond acceptors (Lipinski definition) is 3. The fraction of sp³-hybridized carbons (Fsp3) is 0.562. The normalized spacial score (nSPS) is 23.6. The Bertz CT molecular complexity index is 444. The van der Waals surface area contributed by atoms with Crippen molar-refractivity contribution in [1.82, 2.24) is 4.90 Å². The van der Waals surface area contributed by atoms with E-state index < -0.39 is 0 Å². The Morgan fingerprint density at radius 2 is 2.10 bits per heavy atom. The molecule has 4 heteroatoms. The topological polar surface area (TPSA) is 52.6 Å². The van der Waals surface area contributed by atoms with Gasteiger partial charge in [0.15, 0.2) is 0 Å². The first kappa shape index (κ1) is 15.0. The Kier molecular flexibility index (Phi) is 5.15. The van der Waals surface area contributed by atoms with Gasteiger partial charge in [-0.1, -0.05) is 26.0 Å². The van der Waals surface area contributed by atoms with Gasteiger partial charge in [0.25, 0.3) is 0 Å². The van der Waals surface area contributed by atoms with Crippen molar-refractivity contribution < 1.29 is 9.90 Å². The SMILES string of the molecule is CCc1ccc(NC(=O)CN2CCC(O)C(C)C2)cc1. The number of anilines is 1. The van der Waals surface area contributed by atoms with Crippen LogP contribution in [0.4, 0.5) is 5.69 Å². The second-order valence-electron chi connectivity index (χ2n) is 5.67. The minimum absolute atomic E-state index is 0.0119. The zero-order valence-electron chi connectivity index (χ0n) is 12.3. The number of aryl methyl sites for hydroxylation is 1. The van der Waals surface area contributed by atoms with Gasteiger partial charge in [0, 0.05) is 18.8 Å². The third kappa shape index (κ3) is 4.05. The standard InChI is InChI=1S/C16H24N2O2/c1-3-13-4-6-14(7-5-13)17-16(20)11-18-9-8-15(19)12(2)10-18/h4-7,12,15,19H,3,8-11H2,1-2H3,(H,17,20). The average Bonchev–Trinajstić information content (AvgIpc) is 2.44. The Morgan fingerprint density at radius 1 is 1.40 bits per heavy atom. The number of rotatable bonds is 4. The van der Waals surface area contributed by atoms with Gasteiger partial charge in [0.1, 0.15) is 0 Å². The van der Waals surface area contributed by atoms with Crippen molar-refractivity contribution in [3.8, 4) is 0 Å². The molecule has 4 nitrogen and oxygen atoms in total. The molecule has 2 rings (SSSR count). The van der Waals surface area contributed by atoms with Crippen LogP contribution in [0.1, 0.15) is 25.8 Å². The molecule has 1 aliphatic heterocycles. The molecule has 0 aliphatic carbocycles. The van der Waals surface area contributed by atoms with Crippen molar-refractivity contribution in [1.29, 1.82) is 0 Å². The summed E-state index contributed by atoms with van der Waals surface area (Å²) in [7, 11) is 0. The zero-order chi connectivity index (χ0) is 14.5. The van der Waals surface area contributed by atoms with Crippen LogP contribution in [-0.4, -0.2) is 41.7 Å². The van der Waals surface area contributed by atoms with Crippen molar-refractivity contribution >= 4 is 11.6 Å². The third-order valence-electron chi connectivity index (χ3n) is 3.96. The highest BCUT2D eigenvalue weighted by Crippen LogP contribution is 2.16. The largest absolute Gasteiger partial charge is 0.393 e. The van der Waals surface area contributed by atoms with E-state index in [2.05, 4.69) is 17.1 Å². The van der Waals surface area contributed by atoms with Gasteiger partial charge in [-0.15, -0.1) is 0 Å². The molecule has 20 heavy (non-hydrogen) atoms. The summed E-state index contributed by atoms with van der Waals surface area (Å²) < 4.78 is 0. The quantitative estimate of drug-likeness (QED) is 0.883. The Balaban J connectivity index is 1.82. The number of aliphatic hydroxyl groups excluding tert-OH is 1. The minimum atomic E-state index is -0.226. The lowest BCUT2D eigenvalue weighted by Gasteiger charge is -2.33. The predicted octanol–water partition coefficient (Wildman–Crippen LogP) is 1.89. The van der Waals surface area contributed by atoms with Crippen LogP contribution in [0.15, 0.2) is 24.3 Å². The molecule has 0 radical (unpaired) electrons. The zero-order valence-corrected chi connectivity index (χ0v) is 12.3. The number of nitrogens with one attached hydrogen (secondary N) is 1. The molecule has 1 aromatic carbocycles. The van der Waals surface area contributed by atoms with Crippen LogP contribution in [0, 0.1) is 5.92 Å². The number of carbonyl (C=O) groups is 1. The molecule has 1 saturated heterocycles. The minimum Gasteiger partial charge on any atom is -0.393 e. The number of carbonyl (C=O) groups excluding carboxylic acids is 1. The van der Waals surface area contributed by atoms with Crippen LogP contribution >= 0.6 is 0 Å². The van der Waals surface area contributed by atoms with Gasteiger partial charge in [-0.3, -0.25) is 9.69 Å². The maximum absolute atomic E-state index is 12.0. The van der Waals surface area contributed by atoms with Crippen molar-refractivity contribution in [2.75, 3.05) is 25.0 Å². The number of nitrogens with zero attached hydrogens (tertiary/aromatic N) is 1. The molecule has 2 N–H and O–H groups in total. The fourth-order valence-electron chi connectivity index (χ4n) is 2.59. The Labute approximate surface area is 120 Å². The van der Waals surface area contributed by atoms with Crippen LogP contribution in [-0.2, 0) is 11.2 Å². The van der Waals surface area contributed by atoms with Crippen LogP contribution in [0.3, 0.4) is 0 Å². The van der Waals surface area contributed by atoms with E-state index in [1.807, 2.05) is 31.2 Å². The summed E-state index contributed by atoms with van der Waals surface area (Å²) in [6, 6.07) is 7.96. The van der Waals surface area contributed by atoms with Gasteiger partial charge in [0.05, 0.1) is 12.6 Å². The maximum Gasteiger partial charge on any atom is 0.238 e. The van der Waals surface area contributed by atoms with E-state index in [-0.39, 0.29) is 17.9 Å². The summed E-state index contributed by atoms with van der Waals surface area (Å²) in [6.45, 7) is 6.10. The first-order valence-corrected chi connectivity index (χ1v) is 7.37. The summed E-state index contributed by atoms with van der Waals surface area (Å²) in [5.41, 5.74) is 2.11. The van der Waals surface area contributed by atoms with Gasteiger partial charge in [-0.25, -0.2) is 0 Å². The number of piperidine rings is 1. The van der Waals surface area contributed by atoms with Gasteiger partial charge in [0.2, 0.25) is 5.91 Å². The van der Waals surface area contributed by atoms with E-state index in [0.717, 1.165) is 31.6 Å². The van der Waals surface area contributed by atoms with Gasteiger partial charge in [-0.05, 0) is 36.5 Å². The van der Waals surface area contributed by atoms with Gasteiger partial charge < -0.3 is 10.4 Å². The molecule has 1 heterocycles. The van der Waals surface area contributed by atoms with Gasteiger partial charge >= 0.3 is 0 Å². The van der Waals surface area contributed by atoms with Crippen molar-refractivity contribution in [3.05, 3.63) is 29.8 Å². The molecule has 1 aromatic rings. The summed E-state index contributed by atoms with van der Waals surface area (Å²) in [5, 5.41) is 12.6. The second-order valence-corrected chi connectivity index (χ2v) is 5.67. The maximum atomic E-state index is 12.0. The molecule has 1 amide bonds. The van der Waals surface area contributed by atoms with E-state index in [1.54, 1.807) is 0 Å². The number of likely N-dealkylation sites (tertiary alicyclic amines) is 1. The van der Waals surface area contributed by atoms with Crippen LogP contribution in [0.25, 0.3) is 0 Å². The Hall–Kier alpha value is -1.39. The summed E-state index contributed by atoms with van der Waals surface area (Å²) in [6.07, 6.45) is 1.53. The van der Waals surface area contributed by atoms with E-state index in [9.17, 15) is 9.90 Å². The third-order valence-corrected chi connectivity index (χ3v) is 3.96. The highest BCUT2D eigenvalue weighted by atomic mass is 16.3. The van der Waals surface area contributed by atoms with E-state index >= 15 is 0 Å². The molecule has 110 valence electrons. The number of amides is 1.